The van der Waals surface area contributed by atoms with Crippen LogP contribution in [0.15, 0.2) is 22.7 Å². The summed E-state index contributed by atoms with van der Waals surface area (Å²) in [6.45, 7) is 9.82. The molecule has 0 aromatic heterocycles. The molecular weight excluding hydrogens is 300 g/mol. The fraction of sp³-hybridized carbons (Fsp3) is 0.625. The first-order chi connectivity index (χ1) is 9.10. The molecule has 2 rings (SSSR count). The lowest BCUT2D eigenvalue weighted by molar-refractivity contribution is 0.588. The van der Waals surface area contributed by atoms with Crippen LogP contribution in [0.3, 0.4) is 0 Å². The van der Waals surface area contributed by atoms with Crippen LogP contribution in [0.5, 0.6) is 0 Å². The van der Waals surface area contributed by atoms with E-state index < -0.39 is 0 Å². The number of benzene rings is 1. The molecule has 106 valence electrons. The molecule has 1 aromatic carbocycles. The van der Waals surface area contributed by atoms with E-state index >= 15 is 0 Å². The van der Waals surface area contributed by atoms with Crippen LogP contribution in [-0.4, -0.2) is 19.1 Å². The van der Waals surface area contributed by atoms with Gasteiger partial charge in [0.25, 0.3) is 0 Å². The Labute approximate surface area is 125 Å². The van der Waals surface area contributed by atoms with Crippen molar-refractivity contribution in [3.8, 4) is 0 Å². The summed E-state index contributed by atoms with van der Waals surface area (Å²) < 4.78 is 1.22. The summed E-state index contributed by atoms with van der Waals surface area (Å²) in [5, 5.41) is 3.46. The minimum atomic E-state index is 0.522. The molecule has 0 saturated heterocycles. The van der Waals surface area contributed by atoms with Crippen molar-refractivity contribution in [2.75, 3.05) is 18.0 Å². The van der Waals surface area contributed by atoms with E-state index in [1.54, 1.807) is 0 Å². The van der Waals surface area contributed by atoms with E-state index in [9.17, 15) is 0 Å². The topological polar surface area (TPSA) is 15.3 Å². The molecule has 1 aliphatic carbocycles. The van der Waals surface area contributed by atoms with Crippen molar-refractivity contribution >= 4 is 21.6 Å². The van der Waals surface area contributed by atoms with Gasteiger partial charge in [-0.15, -0.1) is 0 Å². The van der Waals surface area contributed by atoms with Gasteiger partial charge in [-0.3, -0.25) is 0 Å². The molecule has 0 heterocycles. The SMILES string of the molecule is CCN(CC1CC1)c1ccc(CNC(C)C)c(Br)c1. The highest BCUT2D eigenvalue weighted by Gasteiger charge is 2.24. The van der Waals surface area contributed by atoms with Gasteiger partial charge in [0.15, 0.2) is 0 Å². The Hall–Kier alpha value is -0.540. The number of hydrogen-bond acceptors (Lipinski definition) is 2. The zero-order valence-corrected chi connectivity index (χ0v) is 13.8. The van der Waals surface area contributed by atoms with Gasteiger partial charge in [-0.25, -0.2) is 0 Å². The van der Waals surface area contributed by atoms with Crippen LogP contribution in [0.1, 0.15) is 39.2 Å². The second-order valence-electron chi connectivity index (χ2n) is 5.79. The Morgan fingerprint density at radius 2 is 2.11 bits per heavy atom. The van der Waals surface area contributed by atoms with Gasteiger partial charge in [0.1, 0.15) is 0 Å². The number of halogens is 1. The first-order valence-electron chi connectivity index (χ1n) is 7.37. The van der Waals surface area contributed by atoms with Crippen molar-refractivity contribution in [2.24, 2.45) is 5.92 Å². The third-order valence-corrected chi connectivity index (χ3v) is 4.40. The number of nitrogens with zero attached hydrogens (tertiary/aromatic N) is 1. The Kier molecular flexibility index (Phi) is 5.28. The summed E-state index contributed by atoms with van der Waals surface area (Å²) in [4.78, 5) is 2.49. The maximum absolute atomic E-state index is 3.71. The smallest absolute Gasteiger partial charge is 0.0377 e. The van der Waals surface area contributed by atoms with Gasteiger partial charge in [-0.2, -0.15) is 0 Å². The summed E-state index contributed by atoms with van der Waals surface area (Å²) in [5.74, 6) is 0.931. The molecule has 0 atom stereocenters. The predicted molar refractivity (Wildman–Crippen MR) is 86.7 cm³/mol. The van der Waals surface area contributed by atoms with Crippen LogP contribution < -0.4 is 10.2 Å². The molecule has 1 saturated carbocycles. The number of nitrogens with one attached hydrogen (secondary N) is 1. The molecule has 1 aromatic rings. The van der Waals surface area contributed by atoms with Crippen molar-refractivity contribution in [3.05, 3.63) is 28.2 Å². The van der Waals surface area contributed by atoms with Gasteiger partial charge >= 0.3 is 0 Å². The Bertz CT molecular complexity index is 413. The summed E-state index contributed by atoms with van der Waals surface area (Å²) in [6, 6.07) is 7.29. The van der Waals surface area contributed by atoms with Crippen LogP contribution in [0.4, 0.5) is 5.69 Å². The van der Waals surface area contributed by atoms with Crippen molar-refractivity contribution in [1.29, 1.82) is 0 Å². The first-order valence-corrected chi connectivity index (χ1v) is 8.16. The van der Waals surface area contributed by atoms with Crippen LogP contribution >= 0.6 is 15.9 Å². The van der Waals surface area contributed by atoms with Crippen LogP contribution in [-0.2, 0) is 6.54 Å². The van der Waals surface area contributed by atoms with E-state index in [1.165, 1.54) is 35.1 Å². The average molecular weight is 325 g/mol. The van der Waals surface area contributed by atoms with Crippen molar-refractivity contribution < 1.29 is 0 Å². The molecular formula is C16H25BrN2. The fourth-order valence-electron chi connectivity index (χ4n) is 2.22. The van der Waals surface area contributed by atoms with E-state index in [4.69, 9.17) is 0 Å². The lowest BCUT2D eigenvalue weighted by atomic mass is 10.1. The molecule has 0 aliphatic heterocycles. The van der Waals surface area contributed by atoms with E-state index in [0.29, 0.717) is 6.04 Å². The van der Waals surface area contributed by atoms with E-state index in [1.807, 2.05) is 0 Å². The molecule has 2 nitrogen and oxygen atoms in total. The van der Waals surface area contributed by atoms with E-state index in [-0.39, 0.29) is 0 Å². The minimum absolute atomic E-state index is 0.522. The minimum Gasteiger partial charge on any atom is -0.372 e. The molecule has 0 spiro atoms. The first kappa shape index (κ1) is 14.9. The standard InChI is InChI=1S/C16H25BrN2/c1-4-19(11-13-5-6-13)15-8-7-14(16(17)9-15)10-18-12(2)3/h7-9,12-13,18H,4-6,10-11H2,1-3H3. The molecule has 1 fully saturated rings. The number of rotatable bonds is 7. The van der Waals surface area contributed by atoms with E-state index in [0.717, 1.165) is 19.0 Å². The molecule has 0 amide bonds. The molecule has 3 heteroatoms. The highest BCUT2D eigenvalue weighted by atomic mass is 79.9. The average Bonchev–Trinajstić information content (AvgIpc) is 3.18. The van der Waals surface area contributed by atoms with Crippen molar-refractivity contribution in [2.45, 2.75) is 46.2 Å². The third kappa shape index (κ3) is 4.50. The van der Waals surface area contributed by atoms with Crippen molar-refractivity contribution in [3.63, 3.8) is 0 Å². The van der Waals surface area contributed by atoms with Crippen LogP contribution in [0.2, 0.25) is 0 Å². The van der Waals surface area contributed by atoms with Gasteiger partial charge < -0.3 is 10.2 Å². The molecule has 1 N–H and O–H groups in total. The van der Waals surface area contributed by atoms with Gasteiger partial charge in [0.2, 0.25) is 0 Å². The highest BCUT2D eigenvalue weighted by Crippen LogP contribution is 2.32. The number of hydrogen-bond donors (Lipinski definition) is 1. The molecule has 0 radical (unpaired) electrons. The highest BCUT2D eigenvalue weighted by molar-refractivity contribution is 9.10. The summed E-state index contributed by atoms with van der Waals surface area (Å²) in [7, 11) is 0. The monoisotopic (exact) mass is 324 g/mol. The van der Waals surface area contributed by atoms with Crippen LogP contribution in [0, 0.1) is 5.92 Å². The Morgan fingerprint density at radius 3 is 2.63 bits per heavy atom. The Morgan fingerprint density at radius 1 is 1.37 bits per heavy atom. The normalized spacial score (nSPS) is 15.0. The second-order valence-corrected chi connectivity index (χ2v) is 6.65. The fourth-order valence-corrected chi connectivity index (χ4v) is 2.73. The lowest BCUT2D eigenvalue weighted by Crippen LogP contribution is -2.25. The van der Waals surface area contributed by atoms with E-state index in [2.05, 4.69) is 65.1 Å². The maximum Gasteiger partial charge on any atom is 0.0377 e. The van der Waals surface area contributed by atoms with Crippen molar-refractivity contribution in [1.82, 2.24) is 5.32 Å². The van der Waals surface area contributed by atoms with Gasteiger partial charge in [-0.1, -0.05) is 35.8 Å². The summed E-state index contributed by atoms with van der Waals surface area (Å²) in [6.07, 6.45) is 2.82. The molecule has 19 heavy (non-hydrogen) atoms. The quantitative estimate of drug-likeness (QED) is 0.809. The Balaban J connectivity index is 2.03. The maximum atomic E-state index is 3.71. The number of anilines is 1. The molecule has 0 unspecified atom stereocenters. The molecule has 0 bridgehead atoms. The van der Waals surface area contributed by atoms with Crippen LogP contribution in [0.25, 0.3) is 0 Å². The second kappa shape index (κ2) is 6.76. The van der Waals surface area contributed by atoms with Gasteiger partial charge in [-0.05, 0) is 43.4 Å². The third-order valence-electron chi connectivity index (χ3n) is 3.66. The van der Waals surface area contributed by atoms with Gasteiger partial charge in [0, 0.05) is 35.8 Å². The predicted octanol–water partition coefficient (Wildman–Crippen LogP) is 4.18. The molecule has 1 aliphatic rings. The zero-order chi connectivity index (χ0) is 13.8. The zero-order valence-electron chi connectivity index (χ0n) is 12.2. The van der Waals surface area contributed by atoms with Gasteiger partial charge in [0.05, 0.1) is 0 Å². The summed E-state index contributed by atoms with van der Waals surface area (Å²) >= 11 is 3.71. The largest absolute Gasteiger partial charge is 0.372 e. The lowest BCUT2D eigenvalue weighted by Gasteiger charge is -2.24. The summed E-state index contributed by atoms with van der Waals surface area (Å²) in [5.41, 5.74) is 2.68.